The molecule has 0 unspecified atom stereocenters. The van der Waals surface area contributed by atoms with Crippen LogP contribution in [0.1, 0.15) is 16.7 Å². The maximum absolute atomic E-state index is 9.97. The van der Waals surface area contributed by atoms with Crippen LogP contribution in [0.2, 0.25) is 0 Å². The van der Waals surface area contributed by atoms with E-state index in [2.05, 4.69) is 88.0 Å². The first kappa shape index (κ1) is 25.1. The molecule has 2 heterocycles. The molecule has 0 N–H and O–H groups in total. The minimum atomic E-state index is 0.350. The van der Waals surface area contributed by atoms with E-state index < -0.39 is 0 Å². The molecule has 0 spiro atoms. The second-order valence-corrected chi connectivity index (χ2v) is 10.7. The van der Waals surface area contributed by atoms with Gasteiger partial charge in [-0.2, -0.15) is 15.8 Å². The predicted octanol–water partition coefficient (Wildman–Crippen LogP) is 9.16. The zero-order valence-electron chi connectivity index (χ0n) is 23.4. The Morgan fingerprint density at radius 3 is 1.89 bits per heavy atom. The van der Waals surface area contributed by atoms with Crippen LogP contribution in [0.3, 0.4) is 0 Å². The summed E-state index contributed by atoms with van der Waals surface area (Å²) in [5, 5.41) is 33.6. The van der Waals surface area contributed by atoms with E-state index in [-0.39, 0.29) is 0 Å². The Balaban J connectivity index is 1.44. The highest BCUT2D eigenvalue weighted by atomic mass is 15.0. The fraction of sp³-hybridized carbons (Fsp3) is 0. The van der Waals surface area contributed by atoms with E-state index in [1.54, 1.807) is 12.1 Å². The topological polar surface area (TPSA) is 81.2 Å². The zero-order valence-corrected chi connectivity index (χ0v) is 23.4. The SMILES string of the molecule is N#Cc1ccc(-n2c3ccccc3c3c(-c4ccc5c6ccccc6n(-c6ccccc6C#N)c5c4)cccc32)cc1C#N. The van der Waals surface area contributed by atoms with Gasteiger partial charge in [0.25, 0.3) is 0 Å². The highest BCUT2D eigenvalue weighted by Gasteiger charge is 2.19. The second kappa shape index (κ2) is 9.74. The molecule has 0 atom stereocenters. The lowest BCUT2D eigenvalue weighted by atomic mass is 9.98. The maximum atomic E-state index is 9.97. The largest absolute Gasteiger partial charge is 0.309 e. The summed E-state index contributed by atoms with van der Waals surface area (Å²) >= 11 is 0. The molecule has 0 saturated heterocycles. The summed E-state index contributed by atoms with van der Waals surface area (Å²) in [6.45, 7) is 0. The van der Waals surface area contributed by atoms with Crippen LogP contribution in [0.4, 0.5) is 0 Å². The van der Waals surface area contributed by atoms with Gasteiger partial charge in [-0.15, -0.1) is 0 Å². The molecule has 202 valence electrons. The molecule has 8 aromatic rings. The smallest absolute Gasteiger partial charge is 0.101 e. The van der Waals surface area contributed by atoms with Crippen LogP contribution in [0.5, 0.6) is 0 Å². The summed E-state index contributed by atoms with van der Waals surface area (Å²) in [5.74, 6) is 0. The van der Waals surface area contributed by atoms with Crippen molar-refractivity contribution in [2.75, 3.05) is 0 Å². The lowest BCUT2D eigenvalue weighted by molar-refractivity contribution is 1.17. The lowest BCUT2D eigenvalue weighted by Gasteiger charge is -2.11. The average molecular weight is 560 g/mol. The van der Waals surface area contributed by atoms with Gasteiger partial charge in [-0.1, -0.05) is 72.8 Å². The normalized spacial score (nSPS) is 11.1. The van der Waals surface area contributed by atoms with Crippen LogP contribution >= 0.6 is 0 Å². The predicted molar refractivity (Wildman–Crippen MR) is 175 cm³/mol. The van der Waals surface area contributed by atoms with Crippen molar-refractivity contribution in [3.8, 4) is 40.7 Å². The van der Waals surface area contributed by atoms with E-state index in [4.69, 9.17) is 0 Å². The number of para-hydroxylation sites is 3. The van der Waals surface area contributed by atoms with Gasteiger partial charge in [0.1, 0.15) is 18.2 Å². The first-order valence-corrected chi connectivity index (χ1v) is 14.2. The Hall–Kier alpha value is -6.61. The van der Waals surface area contributed by atoms with Crippen LogP contribution in [-0.2, 0) is 0 Å². The number of fused-ring (bicyclic) bond motifs is 6. The molecule has 5 nitrogen and oxygen atoms in total. The Labute approximate surface area is 252 Å². The molecule has 0 amide bonds. The lowest BCUT2D eigenvalue weighted by Crippen LogP contribution is -1.97. The van der Waals surface area contributed by atoms with Crippen LogP contribution < -0.4 is 0 Å². The van der Waals surface area contributed by atoms with Crippen molar-refractivity contribution < 1.29 is 0 Å². The Morgan fingerprint density at radius 2 is 1.09 bits per heavy atom. The molecule has 0 fully saturated rings. The monoisotopic (exact) mass is 559 g/mol. The maximum Gasteiger partial charge on any atom is 0.101 e. The van der Waals surface area contributed by atoms with Crippen molar-refractivity contribution in [3.63, 3.8) is 0 Å². The number of rotatable bonds is 3. The summed E-state index contributed by atoms with van der Waals surface area (Å²) in [7, 11) is 0. The third kappa shape index (κ3) is 3.56. The molecule has 0 aliphatic rings. The molecular formula is C39H21N5. The van der Waals surface area contributed by atoms with Gasteiger partial charge in [-0.05, 0) is 65.7 Å². The van der Waals surface area contributed by atoms with Crippen molar-refractivity contribution >= 4 is 43.6 Å². The molecular weight excluding hydrogens is 538 g/mol. The van der Waals surface area contributed by atoms with Crippen molar-refractivity contribution in [1.82, 2.24) is 9.13 Å². The van der Waals surface area contributed by atoms with Gasteiger partial charge in [0.2, 0.25) is 0 Å². The molecule has 2 aromatic heterocycles. The van der Waals surface area contributed by atoms with Gasteiger partial charge >= 0.3 is 0 Å². The van der Waals surface area contributed by atoms with Crippen molar-refractivity contribution in [2.45, 2.75) is 0 Å². The number of aromatic nitrogens is 2. The third-order valence-corrected chi connectivity index (χ3v) is 8.45. The molecule has 44 heavy (non-hydrogen) atoms. The van der Waals surface area contributed by atoms with Crippen molar-refractivity contribution in [2.24, 2.45) is 0 Å². The molecule has 0 aliphatic heterocycles. The standard InChI is InChI=1S/C39H21N5/c40-22-26-16-18-29(20-28(26)24-42)43-36-14-6-3-10-33(36)39-30(11-7-15-37(39)43)25-17-19-32-31-9-2-5-13-35(31)44(38(32)21-25)34-12-4-1-8-27(34)23-41/h1-21H. The highest BCUT2D eigenvalue weighted by molar-refractivity contribution is 6.17. The van der Waals surface area contributed by atoms with Gasteiger partial charge in [-0.3, -0.25) is 0 Å². The molecule has 0 radical (unpaired) electrons. The van der Waals surface area contributed by atoms with E-state index in [0.29, 0.717) is 16.7 Å². The first-order valence-electron chi connectivity index (χ1n) is 14.2. The van der Waals surface area contributed by atoms with E-state index in [0.717, 1.165) is 66.1 Å². The highest BCUT2D eigenvalue weighted by Crippen LogP contribution is 2.41. The number of hydrogen-bond acceptors (Lipinski definition) is 3. The average Bonchev–Trinajstić information content (AvgIpc) is 3.60. The Morgan fingerprint density at radius 1 is 0.432 bits per heavy atom. The molecule has 0 saturated carbocycles. The molecule has 5 heteroatoms. The van der Waals surface area contributed by atoms with Crippen molar-refractivity contribution in [3.05, 3.63) is 144 Å². The molecule has 0 bridgehead atoms. The number of nitriles is 3. The van der Waals surface area contributed by atoms with Gasteiger partial charge in [0, 0.05) is 27.2 Å². The summed E-state index contributed by atoms with van der Waals surface area (Å²) in [6.07, 6.45) is 0. The summed E-state index contributed by atoms with van der Waals surface area (Å²) in [4.78, 5) is 0. The third-order valence-electron chi connectivity index (χ3n) is 8.45. The second-order valence-electron chi connectivity index (χ2n) is 10.7. The number of benzene rings is 6. The molecule has 6 aromatic carbocycles. The summed E-state index contributed by atoms with van der Waals surface area (Å²) in [5.41, 5.74) is 9.24. The van der Waals surface area contributed by atoms with Crippen LogP contribution in [0.25, 0.3) is 66.1 Å². The minimum Gasteiger partial charge on any atom is -0.309 e. The number of nitrogens with zero attached hydrogens (tertiary/aromatic N) is 5. The Bertz CT molecular complexity index is 2600. The number of hydrogen-bond donors (Lipinski definition) is 0. The van der Waals surface area contributed by atoms with E-state index in [1.807, 2.05) is 54.6 Å². The zero-order chi connectivity index (χ0) is 29.8. The van der Waals surface area contributed by atoms with E-state index in [9.17, 15) is 15.8 Å². The molecule has 0 aliphatic carbocycles. The van der Waals surface area contributed by atoms with Gasteiger partial charge < -0.3 is 9.13 Å². The fourth-order valence-electron chi connectivity index (χ4n) is 6.56. The van der Waals surface area contributed by atoms with Crippen LogP contribution in [0, 0.1) is 34.0 Å². The quantitative estimate of drug-likeness (QED) is 0.216. The fourth-order valence-corrected chi connectivity index (χ4v) is 6.56. The molecule has 8 rings (SSSR count). The Kier molecular flexibility index (Phi) is 5.56. The van der Waals surface area contributed by atoms with Gasteiger partial charge in [0.05, 0.1) is 44.4 Å². The van der Waals surface area contributed by atoms with Gasteiger partial charge in [0.15, 0.2) is 0 Å². The van der Waals surface area contributed by atoms with Crippen molar-refractivity contribution in [1.29, 1.82) is 15.8 Å². The summed E-state index contributed by atoms with van der Waals surface area (Å²) in [6, 6.07) is 49.3. The van der Waals surface area contributed by atoms with E-state index in [1.165, 1.54) is 0 Å². The van der Waals surface area contributed by atoms with Gasteiger partial charge in [-0.25, -0.2) is 0 Å². The van der Waals surface area contributed by atoms with Crippen LogP contribution in [-0.4, -0.2) is 9.13 Å². The van der Waals surface area contributed by atoms with Crippen LogP contribution in [0.15, 0.2) is 127 Å². The van der Waals surface area contributed by atoms with E-state index >= 15 is 0 Å². The minimum absolute atomic E-state index is 0.350. The first-order chi connectivity index (χ1) is 21.7. The summed E-state index contributed by atoms with van der Waals surface area (Å²) < 4.78 is 4.35.